The van der Waals surface area contributed by atoms with Gasteiger partial charge in [0.15, 0.2) is 0 Å². The first-order valence-corrected chi connectivity index (χ1v) is 5.58. The predicted octanol–water partition coefficient (Wildman–Crippen LogP) is 1.76. The average Bonchev–Trinajstić information content (AvgIpc) is 2.68. The van der Waals surface area contributed by atoms with Crippen molar-refractivity contribution in [3.8, 4) is 0 Å². The first-order chi connectivity index (χ1) is 6.96. The van der Waals surface area contributed by atoms with Crippen LogP contribution in [-0.2, 0) is 4.79 Å². The lowest BCUT2D eigenvalue weighted by atomic mass is 10.0. The Balaban J connectivity index is 2.64. The monoisotopic (exact) mass is 211 g/mol. The van der Waals surface area contributed by atoms with Gasteiger partial charge in [-0.15, -0.1) is 0 Å². The van der Waals surface area contributed by atoms with Crippen molar-refractivity contribution in [1.82, 2.24) is 5.32 Å². The fourth-order valence-corrected chi connectivity index (χ4v) is 1.78. The highest BCUT2D eigenvalue weighted by Crippen LogP contribution is 2.26. The van der Waals surface area contributed by atoms with E-state index in [0.29, 0.717) is 0 Å². The molecule has 0 aliphatic heterocycles. The van der Waals surface area contributed by atoms with Crippen LogP contribution in [0.1, 0.15) is 46.5 Å². The van der Waals surface area contributed by atoms with Gasteiger partial charge in [0.25, 0.3) is 0 Å². The van der Waals surface area contributed by atoms with Crippen LogP contribution in [0.15, 0.2) is 11.1 Å². The van der Waals surface area contributed by atoms with E-state index in [-0.39, 0.29) is 12.5 Å². The van der Waals surface area contributed by atoms with Gasteiger partial charge < -0.3 is 10.4 Å². The topological polar surface area (TPSA) is 49.3 Å². The molecule has 0 saturated heterocycles. The van der Waals surface area contributed by atoms with Crippen LogP contribution >= 0.6 is 0 Å². The Kier molecular flexibility index (Phi) is 3.91. The molecule has 0 unspecified atom stereocenters. The lowest BCUT2D eigenvalue weighted by Crippen LogP contribution is -2.46. The van der Waals surface area contributed by atoms with Crippen LogP contribution in [0.2, 0.25) is 0 Å². The third-order valence-electron chi connectivity index (χ3n) is 2.93. The summed E-state index contributed by atoms with van der Waals surface area (Å²) in [6, 6.07) is 0. The van der Waals surface area contributed by atoms with Crippen LogP contribution in [0.5, 0.6) is 0 Å². The third kappa shape index (κ3) is 3.34. The molecular formula is C12H21NO2. The zero-order chi connectivity index (χ0) is 11.5. The Morgan fingerprint density at radius 3 is 2.40 bits per heavy atom. The number of allylic oxidation sites excluding steroid dienone is 1. The molecule has 1 fully saturated rings. The molecule has 0 aromatic rings. The fraction of sp³-hybridized carbons (Fsp3) is 0.750. The minimum absolute atomic E-state index is 0.0362. The highest BCUT2D eigenvalue weighted by Gasteiger charge is 2.22. The molecule has 15 heavy (non-hydrogen) atoms. The van der Waals surface area contributed by atoms with Crippen molar-refractivity contribution in [2.45, 2.75) is 52.0 Å². The maximum absolute atomic E-state index is 11.8. The van der Waals surface area contributed by atoms with E-state index in [4.69, 9.17) is 5.11 Å². The second-order valence-corrected chi connectivity index (χ2v) is 4.93. The second-order valence-electron chi connectivity index (χ2n) is 4.93. The molecule has 1 saturated carbocycles. The minimum atomic E-state index is -0.530. The summed E-state index contributed by atoms with van der Waals surface area (Å²) in [6.45, 7) is 5.47. The van der Waals surface area contributed by atoms with E-state index < -0.39 is 5.54 Å². The third-order valence-corrected chi connectivity index (χ3v) is 2.93. The normalized spacial score (nSPS) is 16.7. The molecule has 0 spiro atoms. The molecule has 3 heteroatoms. The summed E-state index contributed by atoms with van der Waals surface area (Å²) in [5.74, 6) is -0.0362. The summed E-state index contributed by atoms with van der Waals surface area (Å²) >= 11 is 0. The van der Waals surface area contributed by atoms with E-state index in [1.54, 1.807) is 0 Å². The number of aliphatic hydroxyl groups excluding tert-OH is 1. The van der Waals surface area contributed by atoms with E-state index in [9.17, 15) is 4.79 Å². The van der Waals surface area contributed by atoms with Crippen LogP contribution in [0, 0.1) is 0 Å². The predicted molar refractivity (Wildman–Crippen MR) is 60.5 cm³/mol. The highest BCUT2D eigenvalue weighted by molar-refractivity contribution is 5.94. The zero-order valence-electron chi connectivity index (χ0n) is 9.89. The summed E-state index contributed by atoms with van der Waals surface area (Å²) in [5, 5.41) is 11.9. The smallest absolute Gasteiger partial charge is 0.247 e. The van der Waals surface area contributed by atoms with E-state index in [1.165, 1.54) is 18.4 Å². The summed E-state index contributed by atoms with van der Waals surface area (Å²) in [7, 11) is 0. The van der Waals surface area contributed by atoms with Crippen molar-refractivity contribution in [1.29, 1.82) is 0 Å². The maximum atomic E-state index is 11.8. The van der Waals surface area contributed by atoms with Crippen LogP contribution in [-0.4, -0.2) is 23.2 Å². The molecule has 1 aliphatic carbocycles. The van der Waals surface area contributed by atoms with Crippen molar-refractivity contribution < 1.29 is 9.90 Å². The molecule has 0 aromatic heterocycles. The van der Waals surface area contributed by atoms with E-state index in [0.717, 1.165) is 18.4 Å². The molecule has 0 bridgehead atoms. The van der Waals surface area contributed by atoms with Crippen molar-refractivity contribution in [3.63, 3.8) is 0 Å². The number of nitrogens with one attached hydrogen (secondary N) is 1. The van der Waals surface area contributed by atoms with Gasteiger partial charge in [0.2, 0.25) is 5.91 Å². The van der Waals surface area contributed by atoms with Crippen molar-refractivity contribution in [3.05, 3.63) is 11.1 Å². The number of aliphatic hydroxyl groups is 1. The number of carbonyl (C=O) groups is 1. The van der Waals surface area contributed by atoms with Gasteiger partial charge in [0, 0.05) is 5.57 Å². The van der Waals surface area contributed by atoms with Crippen molar-refractivity contribution >= 4 is 5.91 Å². The molecular weight excluding hydrogens is 190 g/mol. The molecule has 86 valence electrons. The quantitative estimate of drug-likeness (QED) is 0.699. The van der Waals surface area contributed by atoms with Crippen LogP contribution in [0.4, 0.5) is 0 Å². The molecule has 1 amide bonds. The van der Waals surface area contributed by atoms with Crippen LogP contribution in [0.3, 0.4) is 0 Å². The molecule has 3 nitrogen and oxygen atoms in total. The molecule has 2 N–H and O–H groups in total. The summed E-state index contributed by atoms with van der Waals surface area (Å²) in [5.41, 5.74) is 1.59. The molecule has 0 aromatic carbocycles. The van der Waals surface area contributed by atoms with Gasteiger partial charge in [-0.2, -0.15) is 0 Å². The largest absolute Gasteiger partial charge is 0.394 e. The van der Waals surface area contributed by atoms with Crippen molar-refractivity contribution in [2.75, 3.05) is 6.61 Å². The van der Waals surface area contributed by atoms with Gasteiger partial charge in [-0.3, -0.25) is 4.79 Å². The standard InChI is InChI=1S/C12H21NO2/c1-9(10-6-4-5-7-10)11(15)13-12(2,3)8-14/h14H,4-8H2,1-3H3,(H,13,15). The number of carbonyl (C=O) groups excluding carboxylic acids is 1. The molecule has 0 radical (unpaired) electrons. The van der Waals surface area contributed by atoms with Gasteiger partial charge in [0.05, 0.1) is 12.1 Å². The van der Waals surface area contributed by atoms with Crippen LogP contribution in [0.25, 0.3) is 0 Å². The number of hydrogen-bond acceptors (Lipinski definition) is 2. The Morgan fingerprint density at radius 2 is 1.93 bits per heavy atom. The first kappa shape index (κ1) is 12.2. The zero-order valence-corrected chi connectivity index (χ0v) is 9.89. The lowest BCUT2D eigenvalue weighted by molar-refractivity contribution is -0.119. The minimum Gasteiger partial charge on any atom is -0.394 e. The Bertz CT molecular complexity index is 271. The van der Waals surface area contributed by atoms with Crippen LogP contribution < -0.4 is 5.32 Å². The van der Waals surface area contributed by atoms with E-state index >= 15 is 0 Å². The molecule has 0 atom stereocenters. The summed E-state index contributed by atoms with van der Waals surface area (Å²) in [4.78, 5) is 11.8. The van der Waals surface area contributed by atoms with Crippen molar-refractivity contribution in [2.24, 2.45) is 0 Å². The molecule has 1 aliphatic rings. The van der Waals surface area contributed by atoms with Gasteiger partial charge >= 0.3 is 0 Å². The summed E-state index contributed by atoms with van der Waals surface area (Å²) < 4.78 is 0. The fourth-order valence-electron chi connectivity index (χ4n) is 1.78. The lowest BCUT2D eigenvalue weighted by Gasteiger charge is -2.24. The number of hydrogen-bond donors (Lipinski definition) is 2. The number of rotatable bonds is 3. The Morgan fingerprint density at radius 1 is 1.40 bits per heavy atom. The highest BCUT2D eigenvalue weighted by atomic mass is 16.3. The van der Waals surface area contributed by atoms with Gasteiger partial charge in [-0.25, -0.2) is 0 Å². The maximum Gasteiger partial charge on any atom is 0.247 e. The Hall–Kier alpha value is -0.830. The Labute approximate surface area is 91.6 Å². The molecule has 1 rings (SSSR count). The van der Waals surface area contributed by atoms with E-state index in [2.05, 4.69) is 5.32 Å². The summed E-state index contributed by atoms with van der Waals surface area (Å²) in [6.07, 6.45) is 4.50. The van der Waals surface area contributed by atoms with E-state index in [1.807, 2.05) is 20.8 Å². The second kappa shape index (κ2) is 4.79. The van der Waals surface area contributed by atoms with Gasteiger partial charge in [0.1, 0.15) is 0 Å². The van der Waals surface area contributed by atoms with Gasteiger partial charge in [-0.05, 0) is 46.5 Å². The first-order valence-electron chi connectivity index (χ1n) is 5.58. The number of amides is 1. The molecule has 0 heterocycles. The SMILES string of the molecule is CC(C(=O)NC(C)(C)CO)=C1CCCC1. The average molecular weight is 211 g/mol. The van der Waals surface area contributed by atoms with Gasteiger partial charge in [-0.1, -0.05) is 5.57 Å².